The van der Waals surface area contributed by atoms with Crippen LogP contribution in [0.3, 0.4) is 0 Å². The summed E-state index contributed by atoms with van der Waals surface area (Å²) in [4.78, 5) is 20.8. The highest BCUT2D eigenvalue weighted by Crippen LogP contribution is 1.90. The Kier molecular flexibility index (Phi) is 5.12. The first-order chi connectivity index (χ1) is 5.54. The summed E-state index contributed by atoms with van der Waals surface area (Å²) in [7, 11) is 0. The third-order valence-corrected chi connectivity index (χ3v) is 1.08. The van der Waals surface area contributed by atoms with Crippen LogP contribution in [0, 0.1) is 0 Å². The molecule has 68 valence electrons. The van der Waals surface area contributed by atoms with Crippen molar-refractivity contribution >= 4 is 22.9 Å². The van der Waals surface area contributed by atoms with Gasteiger partial charge in [0.2, 0.25) is 0 Å². The van der Waals surface area contributed by atoms with Gasteiger partial charge >= 0.3 is 11.3 Å². The molecule has 0 aromatic rings. The van der Waals surface area contributed by atoms with Crippen LogP contribution >= 0.6 is 11.6 Å². The quantitative estimate of drug-likeness (QED) is 0.238. The number of hydrogen-bond donors (Lipinski definition) is 1. The van der Waals surface area contributed by atoms with Crippen LogP contribution in [0.2, 0.25) is 0 Å². The number of ether oxygens (including phenoxy) is 1. The predicted octanol–water partition coefficient (Wildman–Crippen LogP) is 1.05. The lowest BCUT2D eigenvalue weighted by molar-refractivity contribution is -0.138. The van der Waals surface area contributed by atoms with Crippen molar-refractivity contribution in [1.82, 2.24) is 5.32 Å². The van der Waals surface area contributed by atoms with Crippen LogP contribution in [0.4, 0.5) is 4.79 Å². The largest absolute Gasteiger partial charge is 0.460 e. The molecule has 0 aliphatic heterocycles. The molecule has 0 aromatic heterocycles. The first-order valence-electron chi connectivity index (χ1n) is 3.30. The number of hydrogen-bond acceptors (Lipinski definition) is 3. The van der Waals surface area contributed by atoms with Crippen LogP contribution in [0.25, 0.3) is 0 Å². The van der Waals surface area contributed by atoms with Crippen molar-refractivity contribution in [2.24, 2.45) is 0 Å². The Labute approximate surface area is 75.5 Å². The van der Waals surface area contributed by atoms with Gasteiger partial charge in [-0.2, -0.15) is 0 Å². The fourth-order valence-electron chi connectivity index (χ4n) is 0.416. The highest BCUT2D eigenvalue weighted by molar-refractivity contribution is 6.62. The van der Waals surface area contributed by atoms with E-state index in [-0.39, 0.29) is 13.2 Å². The molecule has 0 radical (unpaired) electrons. The van der Waals surface area contributed by atoms with Crippen molar-refractivity contribution < 1.29 is 14.3 Å². The Bertz CT molecular complexity index is 203. The molecule has 0 spiro atoms. The fourth-order valence-corrected chi connectivity index (χ4v) is 0.511. The zero-order chi connectivity index (χ0) is 9.56. The first kappa shape index (κ1) is 11.0. The van der Waals surface area contributed by atoms with Crippen molar-refractivity contribution in [3.63, 3.8) is 0 Å². The van der Waals surface area contributed by atoms with Crippen molar-refractivity contribution in [2.45, 2.75) is 6.92 Å². The lowest BCUT2D eigenvalue weighted by Crippen LogP contribution is -2.23. The van der Waals surface area contributed by atoms with Gasteiger partial charge in [0.25, 0.3) is 0 Å². The number of carbonyl (C=O) groups is 2. The summed E-state index contributed by atoms with van der Waals surface area (Å²) in [6.07, 6.45) is 0. The molecule has 0 saturated carbocycles. The second-order valence-electron chi connectivity index (χ2n) is 2.12. The molecule has 0 unspecified atom stereocenters. The molecule has 0 aliphatic rings. The average Bonchev–Trinajstić information content (AvgIpc) is 1.97. The van der Waals surface area contributed by atoms with Gasteiger partial charge in [0.1, 0.15) is 6.61 Å². The molecule has 1 amide bonds. The number of carbonyl (C=O) groups excluding carboxylic acids is 2. The third kappa shape index (κ3) is 5.73. The van der Waals surface area contributed by atoms with Gasteiger partial charge in [-0.1, -0.05) is 6.58 Å². The normalized spacial score (nSPS) is 8.83. The Morgan fingerprint density at radius 1 is 1.58 bits per heavy atom. The third-order valence-electron chi connectivity index (χ3n) is 0.948. The monoisotopic (exact) mass is 191 g/mol. The SMILES string of the molecule is C=C(C)C(=O)OCCNC(=O)Cl. The zero-order valence-corrected chi connectivity index (χ0v) is 7.48. The minimum atomic E-state index is -0.665. The van der Waals surface area contributed by atoms with E-state index in [0.29, 0.717) is 5.57 Å². The number of halogens is 1. The molecule has 1 N–H and O–H groups in total. The van der Waals surface area contributed by atoms with Crippen molar-refractivity contribution in [1.29, 1.82) is 0 Å². The molecular weight excluding hydrogens is 182 g/mol. The molecule has 0 heterocycles. The van der Waals surface area contributed by atoms with Crippen LogP contribution in [-0.2, 0) is 9.53 Å². The maximum atomic E-state index is 10.7. The second kappa shape index (κ2) is 5.60. The Hall–Kier alpha value is -1.03. The van der Waals surface area contributed by atoms with Gasteiger partial charge in [-0.25, -0.2) is 4.79 Å². The van der Waals surface area contributed by atoms with E-state index in [2.05, 4.69) is 16.6 Å². The molecular formula is C7H10ClNO3. The van der Waals surface area contributed by atoms with E-state index in [0.717, 1.165) is 0 Å². The highest BCUT2D eigenvalue weighted by Gasteiger charge is 2.01. The van der Waals surface area contributed by atoms with Crippen molar-refractivity contribution in [2.75, 3.05) is 13.2 Å². The molecule has 0 atom stereocenters. The minimum Gasteiger partial charge on any atom is -0.460 e. The Morgan fingerprint density at radius 2 is 2.17 bits per heavy atom. The summed E-state index contributed by atoms with van der Waals surface area (Å²) in [5, 5.41) is 1.59. The molecule has 5 heteroatoms. The van der Waals surface area contributed by atoms with Crippen LogP contribution in [0.1, 0.15) is 6.92 Å². The lowest BCUT2D eigenvalue weighted by Gasteiger charge is -2.03. The molecule has 12 heavy (non-hydrogen) atoms. The number of rotatable bonds is 4. The molecule has 0 bridgehead atoms. The van der Waals surface area contributed by atoms with Crippen LogP contribution < -0.4 is 5.32 Å². The summed E-state index contributed by atoms with van der Waals surface area (Å²) in [6.45, 7) is 5.24. The maximum absolute atomic E-state index is 10.7. The molecule has 0 fully saturated rings. The molecule has 0 aromatic carbocycles. The summed E-state index contributed by atoms with van der Waals surface area (Å²) in [6, 6.07) is 0. The first-order valence-corrected chi connectivity index (χ1v) is 3.68. The van der Waals surface area contributed by atoms with Gasteiger partial charge in [-0.3, -0.25) is 4.79 Å². The van der Waals surface area contributed by atoms with Crippen LogP contribution in [0.15, 0.2) is 12.2 Å². The number of nitrogens with one attached hydrogen (secondary N) is 1. The molecule has 0 rings (SSSR count). The van der Waals surface area contributed by atoms with E-state index in [1.165, 1.54) is 0 Å². The number of amides is 1. The summed E-state index contributed by atoms with van der Waals surface area (Å²) < 4.78 is 4.64. The summed E-state index contributed by atoms with van der Waals surface area (Å²) >= 11 is 4.95. The summed E-state index contributed by atoms with van der Waals surface area (Å²) in [5.41, 5.74) is 0.326. The Morgan fingerprint density at radius 3 is 2.58 bits per heavy atom. The fraction of sp³-hybridized carbons (Fsp3) is 0.429. The van der Waals surface area contributed by atoms with E-state index in [9.17, 15) is 9.59 Å². The van der Waals surface area contributed by atoms with E-state index >= 15 is 0 Å². The Balaban J connectivity index is 3.38. The van der Waals surface area contributed by atoms with Crippen LogP contribution in [-0.4, -0.2) is 24.5 Å². The molecule has 4 nitrogen and oxygen atoms in total. The van der Waals surface area contributed by atoms with E-state index in [4.69, 9.17) is 11.6 Å². The molecule has 0 aliphatic carbocycles. The predicted molar refractivity (Wildman–Crippen MR) is 45.0 cm³/mol. The van der Waals surface area contributed by atoms with Gasteiger partial charge < -0.3 is 10.1 Å². The minimum absolute atomic E-state index is 0.101. The maximum Gasteiger partial charge on any atom is 0.333 e. The standard InChI is InChI=1S/C7H10ClNO3/c1-5(2)6(10)12-4-3-9-7(8)11/h1,3-4H2,2H3,(H,9,11). The average molecular weight is 192 g/mol. The number of esters is 1. The highest BCUT2D eigenvalue weighted by atomic mass is 35.5. The topological polar surface area (TPSA) is 55.4 Å². The van der Waals surface area contributed by atoms with Crippen LogP contribution in [0.5, 0.6) is 0 Å². The van der Waals surface area contributed by atoms with Gasteiger partial charge in [0, 0.05) is 5.57 Å². The van der Waals surface area contributed by atoms with Gasteiger partial charge in [0.05, 0.1) is 6.54 Å². The van der Waals surface area contributed by atoms with E-state index in [1.807, 2.05) is 0 Å². The lowest BCUT2D eigenvalue weighted by atomic mass is 10.4. The van der Waals surface area contributed by atoms with Crippen molar-refractivity contribution in [3.05, 3.63) is 12.2 Å². The second-order valence-corrected chi connectivity index (χ2v) is 2.46. The molecule has 0 saturated heterocycles. The smallest absolute Gasteiger partial charge is 0.333 e. The van der Waals surface area contributed by atoms with Gasteiger partial charge in [-0.15, -0.1) is 0 Å². The zero-order valence-electron chi connectivity index (χ0n) is 6.72. The van der Waals surface area contributed by atoms with Gasteiger partial charge in [0.15, 0.2) is 0 Å². The summed E-state index contributed by atoms with van der Waals surface area (Å²) in [5.74, 6) is -0.473. The van der Waals surface area contributed by atoms with E-state index in [1.54, 1.807) is 6.92 Å². The van der Waals surface area contributed by atoms with Crippen molar-refractivity contribution in [3.8, 4) is 0 Å². The van der Waals surface area contributed by atoms with E-state index < -0.39 is 11.3 Å². The van der Waals surface area contributed by atoms with Gasteiger partial charge in [-0.05, 0) is 18.5 Å².